The van der Waals surface area contributed by atoms with Crippen molar-refractivity contribution in [3.63, 3.8) is 0 Å². The van der Waals surface area contributed by atoms with Gasteiger partial charge in [-0.2, -0.15) is 0 Å². The van der Waals surface area contributed by atoms with E-state index in [0.29, 0.717) is 9.84 Å². The standard InChI is InChI=1S/C12H15IO2/c1-7-4-9-11(13)8(2)6-15-12(9)10(5-7)14-3/h4-5,8,11H,6H2,1-3H3. The zero-order valence-electron chi connectivity index (χ0n) is 9.21. The molecule has 2 rings (SSSR count). The summed E-state index contributed by atoms with van der Waals surface area (Å²) in [7, 11) is 1.69. The lowest BCUT2D eigenvalue weighted by Gasteiger charge is -2.29. The van der Waals surface area contributed by atoms with Crippen LogP contribution in [0.4, 0.5) is 0 Å². The van der Waals surface area contributed by atoms with Gasteiger partial charge in [0.15, 0.2) is 11.5 Å². The fourth-order valence-electron chi connectivity index (χ4n) is 1.88. The molecule has 1 aliphatic heterocycles. The molecule has 1 aliphatic rings. The summed E-state index contributed by atoms with van der Waals surface area (Å²) < 4.78 is 11.6. The average Bonchev–Trinajstić information content (AvgIpc) is 2.23. The first kappa shape index (κ1) is 11.0. The summed E-state index contributed by atoms with van der Waals surface area (Å²) in [6, 6.07) is 4.22. The van der Waals surface area contributed by atoms with Crippen molar-refractivity contribution in [3.05, 3.63) is 23.3 Å². The van der Waals surface area contributed by atoms with Gasteiger partial charge in [0, 0.05) is 15.4 Å². The molecular formula is C12H15IO2. The molecule has 0 radical (unpaired) electrons. The minimum Gasteiger partial charge on any atom is -0.493 e. The molecule has 1 heterocycles. The minimum atomic E-state index is 0.514. The van der Waals surface area contributed by atoms with Crippen molar-refractivity contribution < 1.29 is 9.47 Å². The lowest BCUT2D eigenvalue weighted by Crippen LogP contribution is -2.20. The molecule has 15 heavy (non-hydrogen) atoms. The predicted octanol–water partition coefficient (Wildman–Crippen LogP) is 3.51. The van der Waals surface area contributed by atoms with E-state index in [1.807, 2.05) is 6.07 Å². The largest absolute Gasteiger partial charge is 0.493 e. The minimum absolute atomic E-state index is 0.514. The van der Waals surface area contributed by atoms with Crippen LogP contribution in [-0.4, -0.2) is 13.7 Å². The summed E-state index contributed by atoms with van der Waals surface area (Å²) in [5.74, 6) is 2.35. The third-order valence-corrected chi connectivity index (χ3v) is 4.63. The second-order valence-electron chi connectivity index (χ2n) is 4.08. The molecule has 0 saturated heterocycles. The van der Waals surface area contributed by atoms with E-state index in [2.05, 4.69) is 42.5 Å². The lowest BCUT2D eigenvalue weighted by atomic mass is 9.96. The molecule has 0 spiro atoms. The van der Waals surface area contributed by atoms with Crippen LogP contribution in [0, 0.1) is 12.8 Å². The van der Waals surface area contributed by atoms with Gasteiger partial charge in [0.1, 0.15) is 0 Å². The molecule has 82 valence electrons. The zero-order chi connectivity index (χ0) is 11.0. The summed E-state index contributed by atoms with van der Waals surface area (Å²) in [4.78, 5) is 0. The van der Waals surface area contributed by atoms with Crippen LogP contribution in [-0.2, 0) is 0 Å². The molecule has 1 aromatic rings. The monoisotopic (exact) mass is 318 g/mol. The molecule has 0 fully saturated rings. The molecular weight excluding hydrogens is 303 g/mol. The van der Waals surface area contributed by atoms with Gasteiger partial charge in [-0.05, 0) is 18.6 Å². The van der Waals surface area contributed by atoms with E-state index >= 15 is 0 Å². The summed E-state index contributed by atoms with van der Waals surface area (Å²) >= 11 is 2.49. The number of fused-ring (bicyclic) bond motifs is 1. The summed E-state index contributed by atoms with van der Waals surface area (Å²) in [6.07, 6.45) is 0. The average molecular weight is 318 g/mol. The molecule has 0 saturated carbocycles. The Kier molecular flexibility index (Phi) is 3.09. The number of hydrogen-bond donors (Lipinski definition) is 0. The van der Waals surface area contributed by atoms with E-state index < -0.39 is 0 Å². The Morgan fingerprint density at radius 2 is 2.20 bits per heavy atom. The van der Waals surface area contributed by atoms with Crippen LogP contribution in [0.25, 0.3) is 0 Å². The molecule has 2 unspecified atom stereocenters. The van der Waals surface area contributed by atoms with E-state index in [9.17, 15) is 0 Å². The van der Waals surface area contributed by atoms with Crippen molar-refractivity contribution in [1.29, 1.82) is 0 Å². The SMILES string of the molecule is COc1cc(C)cc2c1OCC(C)C2I. The fraction of sp³-hybridized carbons (Fsp3) is 0.500. The van der Waals surface area contributed by atoms with Gasteiger partial charge in [0.05, 0.1) is 13.7 Å². The quantitative estimate of drug-likeness (QED) is 0.583. The van der Waals surface area contributed by atoms with Crippen molar-refractivity contribution >= 4 is 22.6 Å². The maximum absolute atomic E-state index is 5.75. The highest BCUT2D eigenvalue weighted by Gasteiger charge is 2.28. The van der Waals surface area contributed by atoms with Crippen molar-refractivity contribution in [1.82, 2.24) is 0 Å². The van der Waals surface area contributed by atoms with Gasteiger partial charge in [-0.1, -0.05) is 35.6 Å². The Labute approximate surface area is 104 Å². The summed E-state index contributed by atoms with van der Waals surface area (Å²) in [6.45, 7) is 5.08. The molecule has 0 aromatic heterocycles. The van der Waals surface area contributed by atoms with E-state index in [-0.39, 0.29) is 0 Å². The van der Waals surface area contributed by atoms with Gasteiger partial charge in [-0.25, -0.2) is 0 Å². The van der Waals surface area contributed by atoms with E-state index in [0.717, 1.165) is 18.1 Å². The number of methoxy groups -OCH3 is 1. The van der Waals surface area contributed by atoms with Crippen molar-refractivity contribution in [2.24, 2.45) is 5.92 Å². The van der Waals surface area contributed by atoms with Crippen LogP contribution >= 0.6 is 22.6 Å². The zero-order valence-corrected chi connectivity index (χ0v) is 11.4. The molecule has 1 aromatic carbocycles. The predicted molar refractivity (Wildman–Crippen MR) is 69.2 cm³/mol. The third kappa shape index (κ3) is 1.94. The smallest absolute Gasteiger partial charge is 0.165 e. The van der Waals surface area contributed by atoms with E-state index in [1.54, 1.807) is 7.11 Å². The Balaban J connectivity index is 2.53. The van der Waals surface area contributed by atoms with Crippen molar-refractivity contribution in [2.75, 3.05) is 13.7 Å². The third-order valence-electron chi connectivity index (χ3n) is 2.74. The number of aryl methyl sites for hydroxylation is 1. The van der Waals surface area contributed by atoms with Crippen LogP contribution in [0.1, 0.15) is 22.0 Å². The van der Waals surface area contributed by atoms with Crippen LogP contribution in [0.3, 0.4) is 0 Å². The van der Waals surface area contributed by atoms with Gasteiger partial charge in [0.2, 0.25) is 0 Å². The lowest BCUT2D eigenvalue weighted by molar-refractivity contribution is 0.223. The van der Waals surface area contributed by atoms with Crippen molar-refractivity contribution in [3.8, 4) is 11.5 Å². The molecule has 0 bridgehead atoms. The highest BCUT2D eigenvalue weighted by atomic mass is 127. The molecule has 0 amide bonds. The first-order chi connectivity index (χ1) is 7.13. The molecule has 2 nitrogen and oxygen atoms in total. The van der Waals surface area contributed by atoms with Crippen molar-refractivity contribution in [2.45, 2.75) is 17.8 Å². The Hall–Kier alpha value is -0.450. The van der Waals surface area contributed by atoms with Gasteiger partial charge in [0.25, 0.3) is 0 Å². The van der Waals surface area contributed by atoms with Gasteiger partial charge < -0.3 is 9.47 Å². The maximum Gasteiger partial charge on any atom is 0.165 e. The number of halogens is 1. The van der Waals surface area contributed by atoms with Crippen LogP contribution < -0.4 is 9.47 Å². The maximum atomic E-state index is 5.75. The molecule has 0 N–H and O–H groups in total. The Morgan fingerprint density at radius 1 is 1.47 bits per heavy atom. The Bertz CT molecular complexity index is 376. The normalized spacial score (nSPS) is 24.3. The van der Waals surface area contributed by atoms with E-state index in [1.165, 1.54) is 11.1 Å². The van der Waals surface area contributed by atoms with Gasteiger partial charge in [-0.15, -0.1) is 0 Å². The van der Waals surface area contributed by atoms with Crippen LogP contribution in [0.5, 0.6) is 11.5 Å². The second-order valence-corrected chi connectivity index (χ2v) is 5.42. The van der Waals surface area contributed by atoms with E-state index in [4.69, 9.17) is 9.47 Å². The summed E-state index contributed by atoms with van der Waals surface area (Å²) in [5.41, 5.74) is 2.50. The summed E-state index contributed by atoms with van der Waals surface area (Å²) in [5, 5.41) is 0. The second kappa shape index (κ2) is 4.20. The highest BCUT2D eigenvalue weighted by molar-refractivity contribution is 14.1. The topological polar surface area (TPSA) is 18.5 Å². The fourth-order valence-corrected chi connectivity index (χ4v) is 2.55. The number of rotatable bonds is 1. The first-order valence-corrected chi connectivity index (χ1v) is 6.33. The van der Waals surface area contributed by atoms with Crippen LogP contribution in [0.2, 0.25) is 0 Å². The van der Waals surface area contributed by atoms with Crippen LogP contribution in [0.15, 0.2) is 12.1 Å². The number of ether oxygens (including phenoxy) is 2. The number of hydrogen-bond acceptors (Lipinski definition) is 2. The molecule has 0 aliphatic carbocycles. The van der Waals surface area contributed by atoms with Gasteiger partial charge >= 0.3 is 0 Å². The Morgan fingerprint density at radius 3 is 2.87 bits per heavy atom. The highest BCUT2D eigenvalue weighted by Crippen LogP contribution is 2.46. The first-order valence-electron chi connectivity index (χ1n) is 5.09. The molecule has 3 heteroatoms. The van der Waals surface area contributed by atoms with Gasteiger partial charge in [-0.3, -0.25) is 0 Å². The molecule has 2 atom stereocenters. The number of benzene rings is 1. The number of alkyl halides is 1.